The summed E-state index contributed by atoms with van der Waals surface area (Å²) in [4.78, 5) is 4.00. The molecule has 0 aliphatic heterocycles. The lowest BCUT2D eigenvalue weighted by atomic mass is 10.1. The molecule has 3 nitrogen and oxygen atoms in total. The van der Waals surface area contributed by atoms with Crippen LogP contribution in [0.2, 0.25) is 0 Å². The molecular weight excluding hydrogens is 339 g/mol. The van der Waals surface area contributed by atoms with Gasteiger partial charge in [0.05, 0.1) is 10.2 Å². The zero-order valence-electron chi connectivity index (χ0n) is 9.97. The number of halogens is 1. The Morgan fingerprint density at radius 1 is 1.17 bits per heavy atom. The van der Waals surface area contributed by atoms with Crippen molar-refractivity contribution in [3.05, 3.63) is 51.9 Å². The van der Waals surface area contributed by atoms with Crippen LogP contribution in [0.4, 0.5) is 5.69 Å². The van der Waals surface area contributed by atoms with Gasteiger partial charge in [-0.15, -0.1) is 0 Å². The van der Waals surface area contributed by atoms with Gasteiger partial charge in [-0.05, 0) is 71.3 Å². The number of ether oxygens (including phenoxy) is 1. The van der Waals surface area contributed by atoms with Gasteiger partial charge in [-0.3, -0.25) is 4.98 Å². The van der Waals surface area contributed by atoms with Crippen molar-refractivity contribution in [2.45, 2.75) is 12.8 Å². The fourth-order valence-electron chi connectivity index (χ4n) is 1.64. The zero-order valence-corrected chi connectivity index (χ0v) is 12.1. The molecule has 0 radical (unpaired) electrons. The minimum absolute atomic E-state index is 0.711. The lowest BCUT2D eigenvalue weighted by molar-refractivity contribution is 0.309. The van der Waals surface area contributed by atoms with Crippen LogP contribution in [0, 0.1) is 3.57 Å². The van der Waals surface area contributed by atoms with Crippen LogP contribution in [0.1, 0.15) is 12.0 Å². The number of anilines is 1. The van der Waals surface area contributed by atoms with Gasteiger partial charge in [0.25, 0.3) is 0 Å². The average molecular weight is 354 g/mol. The molecule has 94 valence electrons. The molecule has 0 aliphatic carbocycles. The van der Waals surface area contributed by atoms with Crippen molar-refractivity contribution in [3.63, 3.8) is 0 Å². The summed E-state index contributed by atoms with van der Waals surface area (Å²) >= 11 is 2.24. The van der Waals surface area contributed by atoms with Gasteiger partial charge in [0, 0.05) is 18.1 Å². The largest absolute Gasteiger partial charge is 0.492 e. The quantitative estimate of drug-likeness (QED) is 0.509. The van der Waals surface area contributed by atoms with E-state index < -0.39 is 0 Å². The van der Waals surface area contributed by atoms with Gasteiger partial charge in [0.1, 0.15) is 5.75 Å². The predicted molar refractivity (Wildman–Crippen MR) is 81.6 cm³/mol. The van der Waals surface area contributed by atoms with Gasteiger partial charge in [-0.1, -0.05) is 0 Å². The number of nitrogens with zero attached hydrogens (tertiary/aromatic N) is 1. The first-order valence-electron chi connectivity index (χ1n) is 5.82. The Kier molecular flexibility index (Phi) is 4.81. The van der Waals surface area contributed by atoms with Gasteiger partial charge >= 0.3 is 0 Å². The first-order chi connectivity index (χ1) is 8.75. The molecule has 1 heterocycles. The number of benzene rings is 1. The zero-order chi connectivity index (χ0) is 12.8. The molecule has 0 aliphatic rings. The van der Waals surface area contributed by atoms with Crippen LogP contribution in [0.3, 0.4) is 0 Å². The van der Waals surface area contributed by atoms with Crippen LogP contribution < -0.4 is 10.5 Å². The van der Waals surface area contributed by atoms with Gasteiger partial charge in [-0.25, -0.2) is 0 Å². The third kappa shape index (κ3) is 3.87. The molecule has 0 amide bonds. The van der Waals surface area contributed by atoms with Crippen molar-refractivity contribution in [2.24, 2.45) is 0 Å². The number of hydrogen-bond acceptors (Lipinski definition) is 3. The van der Waals surface area contributed by atoms with Gasteiger partial charge in [-0.2, -0.15) is 0 Å². The van der Waals surface area contributed by atoms with Crippen LogP contribution in [-0.2, 0) is 6.42 Å². The molecule has 0 fully saturated rings. The first kappa shape index (κ1) is 13.1. The molecule has 0 saturated heterocycles. The van der Waals surface area contributed by atoms with E-state index in [2.05, 4.69) is 27.6 Å². The van der Waals surface area contributed by atoms with E-state index in [1.54, 1.807) is 0 Å². The summed E-state index contributed by atoms with van der Waals surface area (Å²) in [5, 5.41) is 0. The predicted octanol–water partition coefficient (Wildman–Crippen LogP) is 3.28. The first-order valence-corrected chi connectivity index (χ1v) is 6.90. The molecule has 2 N–H and O–H groups in total. The van der Waals surface area contributed by atoms with E-state index in [-0.39, 0.29) is 0 Å². The lowest BCUT2D eigenvalue weighted by Gasteiger charge is -2.08. The van der Waals surface area contributed by atoms with Crippen molar-refractivity contribution in [2.75, 3.05) is 12.3 Å². The summed E-state index contributed by atoms with van der Waals surface area (Å²) in [5.41, 5.74) is 7.75. The number of rotatable bonds is 5. The Morgan fingerprint density at radius 2 is 1.94 bits per heavy atom. The van der Waals surface area contributed by atoms with Crippen molar-refractivity contribution < 1.29 is 4.74 Å². The van der Waals surface area contributed by atoms with E-state index in [0.29, 0.717) is 6.61 Å². The number of aromatic nitrogens is 1. The van der Waals surface area contributed by atoms with E-state index in [1.807, 2.05) is 42.7 Å². The molecule has 18 heavy (non-hydrogen) atoms. The third-order valence-electron chi connectivity index (χ3n) is 2.57. The van der Waals surface area contributed by atoms with Crippen molar-refractivity contribution in [1.82, 2.24) is 4.98 Å². The van der Waals surface area contributed by atoms with E-state index in [1.165, 1.54) is 5.56 Å². The number of hydrogen-bond donors (Lipinski definition) is 1. The van der Waals surface area contributed by atoms with E-state index >= 15 is 0 Å². The molecule has 0 bridgehead atoms. The van der Waals surface area contributed by atoms with Crippen molar-refractivity contribution in [1.29, 1.82) is 0 Å². The van der Waals surface area contributed by atoms with Gasteiger partial charge in [0.15, 0.2) is 0 Å². The highest BCUT2D eigenvalue weighted by atomic mass is 127. The number of nitrogen functional groups attached to an aromatic ring is 1. The van der Waals surface area contributed by atoms with Crippen LogP contribution in [-0.4, -0.2) is 11.6 Å². The van der Waals surface area contributed by atoms with Crippen molar-refractivity contribution >= 4 is 28.3 Å². The monoisotopic (exact) mass is 354 g/mol. The van der Waals surface area contributed by atoms with E-state index in [9.17, 15) is 0 Å². The number of aryl methyl sites for hydroxylation is 1. The minimum atomic E-state index is 0.711. The standard InChI is InChI=1S/C14H15IN2O/c15-13-10-12(16)3-4-14(13)18-9-1-2-11-5-7-17-8-6-11/h3-8,10H,1-2,9,16H2. The summed E-state index contributed by atoms with van der Waals surface area (Å²) in [6, 6.07) is 9.77. The second-order valence-electron chi connectivity index (χ2n) is 4.00. The highest BCUT2D eigenvalue weighted by molar-refractivity contribution is 14.1. The Bertz CT molecular complexity index is 502. The molecule has 4 heteroatoms. The maximum Gasteiger partial charge on any atom is 0.132 e. The molecule has 0 spiro atoms. The Labute approximate surface area is 121 Å². The summed E-state index contributed by atoms with van der Waals surface area (Å²) in [5.74, 6) is 0.902. The van der Waals surface area contributed by atoms with Crippen LogP contribution in [0.15, 0.2) is 42.7 Å². The SMILES string of the molecule is Nc1ccc(OCCCc2ccncc2)c(I)c1. The summed E-state index contributed by atoms with van der Waals surface area (Å²) < 4.78 is 6.79. The normalized spacial score (nSPS) is 10.3. The second-order valence-corrected chi connectivity index (χ2v) is 5.16. The Hall–Kier alpha value is -1.30. The molecule has 0 atom stereocenters. The number of nitrogens with two attached hydrogens (primary N) is 1. The Morgan fingerprint density at radius 3 is 2.67 bits per heavy atom. The highest BCUT2D eigenvalue weighted by Crippen LogP contribution is 2.23. The van der Waals surface area contributed by atoms with Crippen LogP contribution in [0.5, 0.6) is 5.75 Å². The van der Waals surface area contributed by atoms with Crippen LogP contribution >= 0.6 is 22.6 Å². The minimum Gasteiger partial charge on any atom is -0.492 e. The van der Waals surface area contributed by atoms with Crippen molar-refractivity contribution in [3.8, 4) is 5.75 Å². The molecule has 0 saturated carbocycles. The topological polar surface area (TPSA) is 48.1 Å². The molecule has 2 aromatic rings. The smallest absolute Gasteiger partial charge is 0.132 e. The maximum absolute atomic E-state index is 5.73. The highest BCUT2D eigenvalue weighted by Gasteiger charge is 2.01. The summed E-state index contributed by atoms with van der Waals surface area (Å²) in [7, 11) is 0. The lowest BCUT2D eigenvalue weighted by Crippen LogP contribution is -2.01. The van der Waals surface area contributed by atoms with Gasteiger partial charge < -0.3 is 10.5 Å². The Balaban J connectivity index is 1.79. The second kappa shape index (κ2) is 6.58. The fraction of sp³-hybridized carbons (Fsp3) is 0.214. The molecule has 1 aromatic heterocycles. The number of pyridine rings is 1. The molecular formula is C14H15IN2O. The molecule has 2 rings (SSSR count). The average Bonchev–Trinajstić information content (AvgIpc) is 2.38. The third-order valence-corrected chi connectivity index (χ3v) is 3.42. The summed E-state index contributed by atoms with van der Waals surface area (Å²) in [6.45, 7) is 0.711. The fourth-order valence-corrected chi connectivity index (χ4v) is 2.34. The van der Waals surface area contributed by atoms with Crippen LogP contribution in [0.25, 0.3) is 0 Å². The molecule has 1 aromatic carbocycles. The summed E-state index contributed by atoms with van der Waals surface area (Å²) in [6.07, 6.45) is 5.64. The molecule has 0 unspecified atom stereocenters. The maximum atomic E-state index is 5.73. The van der Waals surface area contributed by atoms with Gasteiger partial charge in [0.2, 0.25) is 0 Å². The van der Waals surface area contributed by atoms with E-state index in [0.717, 1.165) is 27.8 Å². The van der Waals surface area contributed by atoms with E-state index in [4.69, 9.17) is 10.5 Å².